The molecule has 5 nitrogen and oxygen atoms in total. The van der Waals surface area contributed by atoms with Crippen LogP contribution in [0.1, 0.15) is 41.3 Å². The van der Waals surface area contributed by atoms with Crippen LogP contribution in [-0.2, 0) is 9.53 Å². The molecule has 0 bridgehead atoms. The molecule has 0 fully saturated rings. The summed E-state index contributed by atoms with van der Waals surface area (Å²) in [6, 6.07) is 3.27. The average molecular weight is 279 g/mol. The van der Waals surface area contributed by atoms with Crippen molar-refractivity contribution in [1.82, 2.24) is 0 Å². The lowest BCUT2D eigenvalue weighted by Crippen LogP contribution is -2.16. The third kappa shape index (κ3) is 4.35. The van der Waals surface area contributed by atoms with Gasteiger partial charge in [-0.25, -0.2) is 4.79 Å². The summed E-state index contributed by atoms with van der Waals surface area (Å²) in [6.07, 6.45) is 0.985. The predicted molar refractivity (Wildman–Crippen MR) is 77.2 cm³/mol. The highest BCUT2D eigenvalue weighted by molar-refractivity contribution is 5.95. The quantitative estimate of drug-likeness (QED) is 0.839. The maximum atomic E-state index is 11.8. The molecule has 0 aliphatic heterocycles. The fourth-order valence-electron chi connectivity index (χ4n) is 1.88. The maximum Gasteiger partial charge on any atom is 0.336 e. The molecule has 1 aromatic carbocycles. The molecule has 20 heavy (non-hydrogen) atoms. The van der Waals surface area contributed by atoms with Crippen LogP contribution in [0.15, 0.2) is 12.1 Å². The van der Waals surface area contributed by atoms with E-state index in [-0.39, 0.29) is 17.6 Å². The van der Waals surface area contributed by atoms with Crippen LogP contribution in [0.3, 0.4) is 0 Å². The SMILES string of the molecule is COC(C)CCC(=O)Nc1cc(C(=O)O)c(C)cc1C. The van der Waals surface area contributed by atoms with Crippen molar-refractivity contribution in [3.8, 4) is 0 Å². The van der Waals surface area contributed by atoms with E-state index in [1.54, 1.807) is 20.1 Å². The second-order valence-corrected chi connectivity index (χ2v) is 4.92. The zero-order chi connectivity index (χ0) is 15.3. The summed E-state index contributed by atoms with van der Waals surface area (Å²) in [7, 11) is 1.60. The number of hydrogen-bond donors (Lipinski definition) is 2. The molecular formula is C15H21NO4. The molecule has 5 heteroatoms. The molecule has 0 aromatic heterocycles. The Kier molecular flexibility index (Phi) is 5.70. The van der Waals surface area contributed by atoms with Gasteiger partial charge in [0.2, 0.25) is 5.91 Å². The van der Waals surface area contributed by atoms with Gasteiger partial charge in [-0.15, -0.1) is 0 Å². The number of aryl methyl sites for hydroxylation is 2. The largest absolute Gasteiger partial charge is 0.478 e. The first-order chi connectivity index (χ1) is 9.35. The van der Waals surface area contributed by atoms with Crippen molar-refractivity contribution in [2.75, 3.05) is 12.4 Å². The second kappa shape index (κ2) is 7.05. The Hall–Kier alpha value is -1.88. The van der Waals surface area contributed by atoms with E-state index < -0.39 is 5.97 Å². The summed E-state index contributed by atoms with van der Waals surface area (Å²) < 4.78 is 5.08. The minimum atomic E-state index is -0.994. The molecule has 0 saturated heterocycles. The Labute approximate surface area is 118 Å². The van der Waals surface area contributed by atoms with Crippen LogP contribution >= 0.6 is 0 Å². The van der Waals surface area contributed by atoms with Gasteiger partial charge >= 0.3 is 5.97 Å². The molecule has 0 spiro atoms. The third-order valence-electron chi connectivity index (χ3n) is 3.26. The zero-order valence-electron chi connectivity index (χ0n) is 12.3. The van der Waals surface area contributed by atoms with Gasteiger partial charge in [0.25, 0.3) is 0 Å². The number of rotatable bonds is 6. The van der Waals surface area contributed by atoms with E-state index in [2.05, 4.69) is 5.32 Å². The highest BCUT2D eigenvalue weighted by Gasteiger charge is 2.13. The Balaban J connectivity index is 2.79. The van der Waals surface area contributed by atoms with E-state index in [9.17, 15) is 9.59 Å². The van der Waals surface area contributed by atoms with Crippen molar-refractivity contribution in [2.24, 2.45) is 0 Å². The molecule has 0 heterocycles. The minimum Gasteiger partial charge on any atom is -0.478 e. The fourth-order valence-corrected chi connectivity index (χ4v) is 1.88. The summed E-state index contributed by atoms with van der Waals surface area (Å²) in [6.45, 7) is 5.47. The standard InChI is InChI=1S/C15H21NO4/c1-9-7-10(2)13(8-12(9)15(18)19)16-14(17)6-5-11(3)20-4/h7-8,11H,5-6H2,1-4H3,(H,16,17)(H,18,19). The van der Waals surface area contributed by atoms with Gasteiger partial charge in [-0.2, -0.15) is 0 Å². The molecule has 0 radical (unpaired) electrons. The van der Waals surface area contributed by atoms with Gasteiger partial charge in [-0.05, 0) is 44.4 Å². The number of nitrogens with one attached hydrogen (secondary N) is 1. The van der Waals surface area contributed by atoms with E-state index in [0.29, 0.717) is 24.1 Å². The van der Waals surface area contributed by atoms with Crippen LogP contribution in [-0.4, -0.2) is 30.2 Å². The number of anilines is 1. The van der Waals surface area contributed by atoms with Gasteiger partial charge in [0.15, 0.2) is 0 Å². The second-order valence-electron chi connectivity index (χ2n) is 4.92. The fraction of sp³-hybridized carbons (Fsp3) is 0.467. The maximum absolute atomic E-state index is 11.8. The van der Waals surface area contributed by atoms with Crippen molar-refractivity contribution < 1.29 is 19.4 Å². The molecule has 1 rings (SSSR count). The monoisotopic (exact) mass is 279 g/mol. The van der Waals surface area contributed by atoms with E-state index >= 15 is 0 Å². The van der Waals surface area contributed by atoms with Crippen molar-refractivity contribution >= 4 is 17.6 Å². The highest BCUT2D eigenvalue weighted by atomic mass is 16.5. The first kappa shape index (κ1) is 16.2. The third-order valence-corrected chi connectivity index (χ3v) is 3.26. The molecule has 1 amide bonds. The molecule has 110 valence electrons. The molecule has 1 unspecified atom stereocenters. The van der Waals surface area contributed by atoms with Crippen molar-refractivity contribution in [2.45, 2.75) is 39.7 Å². The molecule has 0 saturated carbocycles. The van der Waals surface area contributed by atoms with Gasteiger partial charge in [0.1, 0.15) is 0 Å². The number of aromatic carboxylic acids is 1. The lowest BCUT2D eigenvalue weighted by atomic mass is 10.0. The highest BCUT2D eigenvalue weighted by Crippen LogP contribution is 2.21. The summed E-state index contributed by atoms with van der Waals surface area (Å²) in [5, 5.41) is 11.8. The van der Waals surface area contributed by atoms with Crippen molar-refractivity contribution in [3.05, 3.63) is 28.8 Å². The van der Waals surface area contributed by atoms with Gasteiger partial charge < -0.3 is 15.2 Å². The molecule has 0 aliphatic rings. The zero-order valence-corrected chi connectivity index (χ0v) is 12.3. The number of carboxylic acid groups (broad SMARTS) is 1. The number of methoxy groups -OCH3 is 1. The normalized spacial score (nSPS) is 12.0. The first-order valence-electron chi connectivity index (χ1n) is 6.52. The van der Waals surface area contributed by atoms with E-state index in [4.69, 9.17) is 9.84 Å². The summed E-state index contributed by atoms with van der Waals surface area (Å²) >= 11 is 0. The number of hydrogen-bond acceptors (Lipinski definition) is 3. The first-order valence-corrected chi connectivity index (χ1v) is 6.52. The van der Waals surface area contributed by atoms with Gasteiger partial charge in [-0.1, -0.05) is 6.07 Å². The molecule has 2 N–H and O–H groups in total. The average Bonchev–Trinajstić information content (AvgIpc) is 2.38. The Bertz CT molecular complexity index is 511. The van der Waals surface area contributed by atoms with Crippen LogP contribution in [0.25, 0.3) is 0 Å². The summed E-state index contributed by atoms with van der Waals surface area (Å²) in [4.78, 5) is 22.9. The number of carbonyl (C=O) groups excluding carboxylic acids is 1. The summed E-state index contributed by atoms with van der Waals surface area (Å²) in [5.41, 5.74) is 2.28. The molecule has 0 aliphatic carbocycles. The predicted octanol–water partition coefficient (Wildman–Crippen LogP) is 2.76. The number of amides is 1. The van der Waals surface area contributed by atoms with E-state index in [1.165, 1.54) is 6.07 Å². The van der Waals surface area contributed by atoms with Gasteiger partial charge in [0.05, 0.1) is 11.7 Å². The van der Waals surface area contributed by atoms with Crippen LogP contribution in [0.2, 0.25) is 0 Å². The number of ether oxygens (including phenoxy) is 1. The Morgan fingerprint density at radius 2 is 1.95 bits per heavy atom. The number of carboxylic acids is 1. The van der Waals surface area contributed by atoms with Crippen LogP contribution in [0.4, 0.5) is 5.69 Å². The van der Waals surface area contributed by atoms with Crippen LogP contribution in [0, 0.1) is 13.8 Å². The molecular weight excluding hydrogens is 258 g/mol. The minimum absolute atomic E-state index is 0.0226. The smallest absolute Gasteiger partial charge is 0.336 e. The van der Waals surface area contributed by atoms with Gasteiger partial charge in [-0.3, -0.25) is 4.79 Å². The van der Waals surface area contributed by atoms with Crippen LogP contribution < -0.4 is 5.32 Å². The summed E-state index contributed by atoms with van der Waals surface area (Å²) in [5.74, 6) is -1.14. The van der Waals surface area contributed by atoms with Crippen molar-refractivity contribution in [1.29, 1.82) is 0 Å². The lowest BCUT2D eigenvalue weighted by molar-refractivity contribution is -0.116. The Morgan fingerprint density at radius 1 is 1.30 bits per heavy atom. The van der Waals surface area contributed by atoms with Crippen LogP contribution in [0.5, 0.6) is 0 Å². The van der Waals surface area contributed by atoms with Crippen molar-refractivity contribution in [3.63, 3.8) is 0 Å². The molecule has 1 aromatic rings. The van der Waals surface area contributed by atoms with Gasteiger partial charge in [0, 0.05) is 19.2 Å². The van der Waals surface area contributed by atoms with E-state index in [1.807, 2.05) is 13.8 Å². The molecule has 1 atom stereocenters. The Morgan fingerprint density at radius 3 is 2.50 bits per heavy atom. The number of carbonyl (C=O) groups is 2. The van der Waals surface area contributed by atoms with E-state index in [0.717, 1.165) is 5.56 Å². The topological polar surface area (TPSA) is 75.6 Å². The lowest BCUT2D eigenvalue weighted by Gasteiger charge is -2.13. The number of benzene rings is 1.